The second-order valence-corrected chi connectivity index (χ2v) is 5.04. The van der Waals surface area contributed by atoms with Gasteiger partial charge in [0.1, 0.15) is 11.8 Å². The molecule has 0 bridgehead atoms. The Balaban J connectivity index is 1.80. The number of rotatable bonds is 2. The first-order valence-corrected chi connectivity index (χ1v) is 6.45. The van der Waals surface area contributed by atoms with Gasteiger partial charge < -0.3 is 19.9 Å². The lowest BCUT2D eigenvalue weighted by atomic mass is 10.3. The van der Waals surface area contributed by atoms with Crippen molar-refractivity contribution in [2.24, 2.45) is 0 Å². The zero-order valence-electron chi connectivity index (χ0n) is 9.87. The van der Waals surface area contributed by atoms with Gasteiger partial charge in [0.25, 0.3) is 5.89 Å². The van der Waals surface area contributed by atoms with Crippen molar-refractivity contribution in [1.82, 2.24) is 20.0 Å². The van der Waals surface area contributed by atoms with Crippen LogP contribution >= 0.6 is 11.3 Å². The fourth-order valence-electron chi connectivity index (χ4n) is 1.79. The van der Waals surface area contributed by atoms with E-state index in [1.165, 1.54) is 11.3 Å². The van der Waals surface area contributed by atoms with Crippen LogP contribution in [0, 0.1) is 0 Å². The number of likely N-dealkylation sites (N-methyl/N-ethyl adjacent to an activating group) is 1. The summed E-state index contributed by atoms with van der Waals surface area (Å²) < 4.78 is 10.8. The van der Waals surface area contributed by atoms with E-state index < -0.39 is 0 Å². The molecule has 0 spiro atoms. The van der Waals surface area contributed by atoms with E-state index in [1.54, 1.807) is 5.38 Å². The maximum absolute atomic E-state index is 5.62. The molecule has 2 aromatic heterocycles. The number of nitrogens with two attached hydrogens (primary N) is 1. The normalized spacial score (nSPS) is 21.3. The minimum Gasteiger partial charge on any atom is -0.375 e. The lowest BCUT2D eigenvalue weighted by molar-refractivity contribution is -0.0264. The average Bonchev–Trinajstić information content (AvgIpc) is 2.97. The molecule has 3 rings (SSSR count). The van der Waals surface area contributed by atoms with Crippen LogP contribution in [0.2, 0.25) is 0 Å². The van der Waals surface area contributed by atoms with Gasteiger partial charge in [0.2, 0.25) is 5.82 Å². The molecule has 1 saturated heterocycles. The average molecular weight is 267 g/mol. The molecule has 1 aliphatic rings. The highest BCUT2D eigenvalue weighted by Crippen LogP contribution is 2.24. The number of aromatic nitrogens is 3. The number of hydrogen-bond donors (Lipinski definition) is 1. The van der Waals surface area contributed by atoms with Crippen LogP contribution in [-0.2, 0) is 4.74 Å². The Kier molecular flexibility index (Phi) is 2.98. The summed E-state index contributed by atoms with van der Waals surface area (Å²) in [7, 11) is 2.04. The van der Waals surface area contributed by atoms with Crippen molar-refractivity contribution < 1.29 is 9.26 Å². The van der Waals surface area contributed by atoms with Crippen molar-refractivity contribution in [2.45, 2.75) is 6.10 Å². The molecule has 0 saturated carbocycles. The molecule has 0 amide bonds. The number of hydrogen-bond acceptors (Lipinski definition) is 8. The van der Waals surface area contributed by atoms with Gasteiger partial charge >= 0.3 is 0 Å². The Morgan fingerprint density at radius 3 is 3.11 bits per heavy atom. The first-order valence-electron chi connectivity index (χ1n) is 5.57. The molecule has 1 atom stereocenters. The van der Waals surface area contributed by atoms with Gasteiger partial charge in [0, 0.05) is 18.5 Å². The van der Waals surface area contributed by atoms with E-state index >= 15 is 0 Å². The molecule has 7 nitrogen and oxygen atoms in total. The van der Waals surface area contributed by atoms with Crippen molar-refractivity contribution in [1.29, 1.82) is 0 Å². The van der Waals surface area contributed by atoms with Gasteiger partial charge in [-0.05, 0) is 7.05 Å². The summed E-state index contributed by atoms with van der Waals surface area (Å²) in [5.41, 5.74) is 6.18. The Hall–Kier alpha value is -1.51. The Bertz CT molecular complexity index is 540. The van der Waals surface area contributed by atoms with Gasteiger partial charge in [-0.2, -0.15) is 4.98 Å². The monoisotopic (exact) mass is 267 g/mol. The van der Waals surface area contributed by atoms with Crippen LogP contribution in [0.15, 0.2) is 9.90 Å². The summed E-state index contributed by atoms with van der Waals surface area (Å²) in [6.07, 6.45) is -0.141. The number of nitrogens with zero attached hydrogens (tertiary/aromatic N) is 4. The summed E-state index contributed by atoms with van der Waals surface area (Å²) in [5.74, 6) is 0.942. The van der Waals surface area contributed by atoms with Gasteiger partial charge in [-0.3, -0.25) is 0 Å². The van der Waals surface area contributed by atoms with Crippen molar-refractivity contribution in [2.75, 3.05) is 32.5 Å². The largest absolute Gasteiger partial charge is 0.375 e. The number of nitrogen functional groups attached to an aromatic ring is 1. The fraction of sp³-hybridized carbons (Fsp3) is 0.500. The van der Waals surface area contributed by atoms with Crippen LogP contribution in [0.25, 0.3) is 11.6 Å². The molecule has 2 aromatic rings. The van der Waals surface area contributed by atoms with Crippen LogP contribution in [0.1, 0.15) is 11.9 Å². The van der Waals surface area contributed by atoms with Gasteiger partial charge in [-0.25, -0.2) is 4.98 Å². The van der Waals surface area contributed by atoms with Gasteiger partial charge in [-0.1, -0.05) is 5.16 Å². The van der Waals surface area contributed by atoms with Crippen LogP contribution in [0.3, 0.4) is 0 Å². The molecule has 1 aliphatic heterocycles. The van der Waals surface area contributed by atoms with Gasteiger partial charge in [0.05, 0.1) is 6.61 Å². The quantitative estimate of drug-likeness (QED) is 0.859. The topological polar surface area (TPSA) is 90.3 Å². The minimum atomic E-state index is -0.141. The predicted octanol–water partition coefficient (Wildman–Crippen LogP) is 0.778. The van der Waals surface area contributed by atoms with Crippen molar-refractivity contribution in [3.05, 3.63) is 11.2 Å². The lowest BCUT2D eigenvalue weighted by Crippen LogP contribution is -2.35. The van der Waals surface area contributed by atoms with Crippen LogP contribution < -0.4 is 5.73 Å². The van der Waals surface area contributed by atoms with E-state index in [0.717, 1.165) is 13.1 Å². The highest BCUT2D eigenvalue weighted by molar-refractivity contribution is 7.13. The summed E-state index contributed by atoms with van der Waals surface area (Å²) in [5, 5.41) is 6.22. The summed E-state index contributed by atoms with van der Waals surface area (Å²) >= 11 is 1.34. The Morgan fingerprint density at radius 1 is 1.50 bits per heavy atom. The number of morpholine rings is 1. The van der Waals surface area contributed by atoms with E-state index in [1.807, 2.05) is 7.05 Å². The Morgan fingerprint density at radius 2 is 2.39 bits per heavy atom. The standard InChI is InChI=1S/C10H13N5O2S/c1-15-2-3-16-7(4-15)8-13-9(17-14-8)6-5-18-10(11)12-6/h5,7H,2-4H2,1H3,(H2,11,12). The zero-order valence-corrected chi connectivity index (χ0v) is 10.7. The molecule has 1 unspecified atom stereocenters. The molecule has 1 fully saturated rings. The molecular formula is C10H13N5O2S. The summed E-state index contributed by atoms with van der Waals surface area (Å²) in [6.45, 7) is 2.36. The Labute approximate surface area is 108 Å². The molecule has 3 heterocycles. The molecular weight excluding hydrogens is 254 g/mol. The molecule has 2 N–H and O–H groups in total. The first-order chi connectivity index (χ1) is 8.72. The smallest absolute Gasteiger partial charge is 0.277 e. The van der Waals surface area contributed by atoms with Crippen molar-refractivity contribution >= 4 is 16.5 Å². The number of thiazole rings is 1. The maximum Gasteiger partial charge on any atom is 0.277 e. The molecule has 0 radical (unpaired) electrons. The predicted molar refractivity (Wildman–Crippen MR) is 66.0 cm³/mol. The second-order valence-electron chi connectivity index (χ2n) is 4.15. The molecule has 96 valence electrons. The minimum absolute atomic E-state index is 0.141. The first kappa shape index (κ1) is 11.6. The van der Waals surface area contributed by atoms with E-state index in [0.29, 0.717) is 29.1 Å². The zero-order chi connectivity index (χ0) is 12.5. The van der Waals surface area contributed by atoms with Crippen LogP contribution in [-0.4, -0.2) is 46.8 Å². The molecule has 8 heteroatoms. The number of ether oxygens (including phenoxy) is 1. The SMILES string of the molecule is CN1CCOC(c2noc(-c3csc(N)n3)n2)C1. The van der Waals surface area contributed by atoms with Crippen LogP contribution in [0.5, 0.6) is 0 Å². The molecule has 18 heavy (non-hydrogen) atoms. The third kappa shape index (κ3) is 2.22. The summed E-state index contributed by atoms with van der Waals surface area (Å²) in [4.78, 5) is 10.6. The highest BCUT2D eigenvalue weighted by atomic mass is 32.1. The molecule has 0 aliphatic carbocycles. The lowest BCUT2D eigenvalue weighted by Gasteiger charge is -2.27. The van der Waals surface area contributed by atoms with Crippen molar-refractivity contribution in [3.8, 4) is 11.6 Å². The fourth-order valence-corrected chi connectivity index (χ4v) is 2.33. The summed E-state index contributed by atoms with van der Waals surface area (Å²) in [6, 6.07) is 0. The molecule has 0 aromatic carbocycles. The highest BCUT2D eigenvalue weighted by Gasteiger charge is 2.25. The number of anilines is 1. The van der Waals surface area contributed by atoms with E-state index in [9.17, 15) is 0 Å². The van der Waals surface area contributed by atoms with E-state index in [2.05, 4.69) is 20.0 Å². The van der Waals surface area contributed by atoms with Gasteiger partial charge in [-0.15, -0.1) is 11.3 Å². The van der Waals surface area contributed by atoms with Crippen LogP contribution in [0.4, 0.5) is 5.13 Å². The third-order valence-electron chi connectivity index (χ3n) is 2.74. The second kappa shape index (κ2) is 4.63. The maximum atomic E-state index is 5.62. The third-order valence-corrected chi connectivity index (χ3v) is 3.41. The van der Waals surface area contributed by atoms with Gasteiger partial charge in [0.15, 0.2) is 5.13 Å². The van der Waals surface area contributed by atoms with Crippen molar-refractivity contribution in [3.63, 3.8) is 0 Å². The van der Waals surface area contributed by atoms with E-state index in [4.69, 9.17) is 15.0 Å². The van der Waals surface area contributed by atoms with E-state index in [-0.39, 0.29) is 6.10 Å².